The Morgan fingerprint density at radius 2 is 1.84 bits per heavy atom. The maximum absolute atomic E-state index is 13.1. The van der Waals surface area contributed by atoms with Crippen LogP contribution in [-0.4, -0.2) is 62.2 Å². The number of carbonyl (C=O) groups is 1. The first-order valence-corrected chi connectivity index (χ1v) is 9.96. The average molecular weight is 422 g/mol. The predicted octanol–water partition coefficient (Wildman–Crippen LogP) is 2.54. The second-order valence-corrected chi connectivity index (χ2v) is 7.19. The molecule has 1 fully saturated rings. The van der Waals surface area contributed by atoms with Crippen molar-refractivity contribution in [3.8, 4) is 22.8 Å². The van der Waals surface area contributed by atoms with Gasteiger partial charge in [0.05, 0.1) is 25.3 Å². The van der Waals surface area contributed by atoms with Crippen LogP contribution in [0.2, 0.25) is 0 Å². The zero-order valence-electron chi connectivity index (χ0n) is 16.6. The maximum Gasteiger partial charge on any atom is 0.258 e. The normalized spacial score (nSPS) is 14.3. The van der Waals surface area contributed by atoms with Gasteiger partial charge in [0.1, 0.15) is 11.3 Å². The number of nitrogens with zero attached hydrogens (tertiary/aromatic N) is 6. The number of hydrogen-bond acceptors (Lipinski definition) is 7. The standard InChI is InChI=1S/C21H19FN6O3/c22-16-4-1-14(2-5-16)21-23-20(25-31-21)15-3-6-18-17(13-15)24-26-28(18)8-7-19(29)27-9-11-30-12-10-27/h1-6,13H,7-12H2. The molecule has 0 unspecified atom stereocenters. The maximum atomic E-state index is 13.1. The van der Waals surface area contributed by atoms with Crippen LogP contribution < -0.4 is 0 Å². The molecule has 1 amide bonds. The summed E-state index contributed by atoms with van der Waals surface area (Å²) in [4.78, 5) is 18.6. The van der Waals surface area contributed by atoms with Crippen LogP contribution in [0.5, 0.6) is 0 Å². The van der Waals surface area contributed by atoms with Crippen molar-refractivity contribution in [3.63, 3.8) is 0 Å². The number of benzene rings is 2. The SMILES string of the molecule is O=C(CCn1nnc2cc(-c3noc(-c4ccc(F)cc4)n3)ccc21)N1CCOCC1. The Balaban J connectivity index is 1.31. The third-order valence-corrected chi connectivity index (χ3v) is 5.19. The molecule has 0 aliphatic carbocycles. The molecule has 2 aromatic heterocycles. The molecule has 0 bridgehead atoms. The van der Waals surface area contributed by atoms with Crippen molar-refractivity contribution in [2.24, 2.45) is 0 Å². The summed E-state index contributed by atoms with van der Waals surface area (Å²) in [6.07, 6.45) is 0.353. The van der Waals surface area contributed by atoms with E-state index in [9.17, 15) is 9.18 Å². The molecule has 0 spiro atoms. The van der Waals surface area contributed by atoms with Gasteiger partial charge in [0.2, 0.25) is 11.7 Å². The summed E-state index contributed by atoms with van der Waals surface area (Å²) < 4.78 is 25.4. The summed E-state index contributed by atoms with van der Waals surface area (Å²) in [6, 6.07) is 11.4. The molecule has 31 heavy (non-hydrogen) atoms. The number of rotatable bonds is 5. The molecular formula is C21H19FN6O3. The zero-order valence-corrected chi connectivity index (χ0v) is 16.6. The molecule has 0 atom stereocenters. The highest BCUT2D eigenvalue weighted by atomic mass is 19.1. The van der Waals surface area contributed by atoms with E-state index < -0.39 is 0 Å². The number of hydrogen-bond donors (Lipinski definition) is 0. The molecule has 2 aromatic carbocycles. The fourth-order valence-corrected chi connectivity index (χ4v) is 3.50. The average Bonchev–Trinajstić information content (AvgIpc) is 3.46. The molecule has 3 heterocycles. The Morgan fingerprint density at radius 1 is 1.06 bits per heavy atom. The molecule has 10 heteroatoms. The monoisotopic (exact) mass is 422 g/mol. The number of morpholine rings is 1. The summed E-state index contributed by atoms with van der Waals surface area (Å²) in [5.41, 5.74) is 2.85. The van der Waals surface area contributed by atoms with Crippen molar-refractivity contribution >= 4 is 16.9 Å². The minimum Gasteiger partial charge on any atom is -0.378 e. The molecule has 158 valence electrons. The van der Waals surface area contributed by atoms with Gasteiger partial charge < -0.3 is 14.2 Å². The number of carbonyl (C=O) groups excluding carboxylic acids is 1. The Labute approximate surface area is 176 Å². The number of aryl methyl sites for hydroxylation is 1. The van der Waals surface area contributed by atoms with Gasteiger partial charge in [-0.1, -0.05) is 10.4 Å². The highest BCUT2D eigenvalue weighted by molar-refractivity contribution is 5.80. The van der Waals surface area contributed by atoms with E-state index >= 15 is 0 Å². The molecule has 1 aliphatic heterocycles. The lowest BCUT2D eigenvalue weighted by molar-refractivity contribution is -0.135. The summed E-state index contributed by atoms with van der Waals surface area (Å²) in [7, 11) is 0. The van der Waals surface area contributed by atoms with Crippen molar-refractivity contribution in [2.75, 3.05) is 26.3 Å². The Bertz CT molecular complexity index is 1210. The largest absolute Gasteiger partial charge is 0.378 e. The molecular weight excluding hydrogens is 403 g/mol. The van der Waals surface area contributed by atoms with E-state index in [0.717, 1.165) is 11.1 Å². The highest BCUT2D eigenvalue weighted by Gasteiger charge is 2.18. The Hall–Kier alpha value is -3.66. The van der Waals surface area contributed by atoms with Crippen LogP contribution >= 0.6 is 0 Å². The fourth-order valence-electron chi connectivity index (χ4n) is 3.50. The second kappa shape index (κ2) is 8.23. The number of aromatic nitrogens is 5. The Morgan fingerprint density at radius 3 is 2.65 bits per heavy atom. The first kappa shape index (κ1) is 19.3. The Kier molecular flexibility index (Phi) is 5.13. The van der Waals surface area contributed by atoms with Crippen molar-refractivity contribution in [1.29, 1.82) is 0 Å². The van der Waals surface area contributed by atoms with Crippen LogP contribution in [0.4, 0.5) is 4.39 Å². The van der Waals surface area contributed by atoms with Gasteiger partial charge in [-0.15, -0.1) is 5.10 Å². The quantitative estimate of drug-likeness (QED) is 0.487. The van der Waals surface area contributed by atoms with Crippen molar-refractivity contribution in [2.45, 2.75) is 13.0 Å². The van der Waals surface area contributed by atoms with E-state index in [-0.39, 0.29) is 11.7 Å². The fraction of sp³-hybridized carbons (Fsp3) is 0.286. The first-order valence-electron chi connectivity index (χ1n) is 9.96. The van der Waals surface area contributed by atoms with Gasteiger partial charge in [-0.25, -0.2) is 9.07 Å². The number of amides is 1. The first-order chi connectivity index (χ1) is 15.2. The van der Waals surface area contributed by atoms with E-state index in [1.165, 1.54) is 12.1 Å². The third-order valence-electron chi connectivity index (χ3n) is 5.19. The molecule has 1 saturated heterocycles. The smallest absolute Gasteiger partial charge is 0.258 e. The van der Waals surface area contributed by atoms with E-state index in [0.29, 0.717) is 62.1 Å². The molecule has 9 nitrogen and oxygen atoms in total. The van der Waals surface area contributed by atoms with Gasteiger partial charge in [-0.05, 0) is 42.5 Å². The summed E-state index contributed by atoms with van der Waals surface area (Å²) in [5.74, 6) is 0.464. The van der Waals surface area contributed by atoms with Crippen LogP contribution in [-0.2, 0) is 16.1 Å². The molecule has 5 rings (SSSR count). The van der Waals surface area contributed by atoms with Crippen LogP contribution in [0.25, 0.3) is 33.9 Å². The van der Waals surface area contributed by atoms with Gasteiger partial charge in [0.15, 0.2) is 0 Å². The van der Waals surface area contributed by atoms with Crippen LogP contribution in [0, 0.1) is 5.82 Å². The lowest BCUT2D eigenvalue weighted by Crippen LogP contribution is -2.41. The molecule has 4 aromatic rings. The van der Waals surface area contributed by atoms with E-state index in [4.69, 9.17) is 9.26 Å². The van der Waals surface area contributed by atoms with Crippen LogP contribution in [0.1, 0.15) is 6.42 Å². The molecule has 0 N–H and O–H groups in total. The van der Waals surface area contributed by atoms with Crippen LogP contribution in [0.3, 0.4) is 0 Å². The molecule has 0 radical (unpaired) electrons. The van der Waals surface area contributed by atoms with Crippen molar-refractivity contribution in [1.82, 2.24) is 30.0 Å². The third kappa shape index (κ3) is 4.02. The van der Waals surface area contributed by atoms with Crippen molar-refractivity contribution in [3.05, 3.63) is 48.3 Å². The van der Waals surface area contributed by atoms with Gasteiger partial charge >= 0.3 is 0 Å². The summed E-state index contributed by atoms with van der Waals surface area (Å²) >= 11 is 0. The van der Waals surface area contributed by atoms with E-state index in [2.05, 4.69) is 20.5 Å². The summed E-state index contributed by atoms with van der Waals surface area (Å²) in [5, 5.41) is 12.4. The number of fused-ring (bicyclic) bond motifs is 1. The molecule has 0 saturated carbocycles. The van der Waals surface area contributed by atoms with Gasteiger partial charge in [-0.2, -0.15) is 4.98 Å². The zero-order chi connectivity index (χ0) is 21.2. The van der Waals surface area contributed by atoms with Gasteiger partial charge in [0.25, 0.3) is 5.89 Å². The van der Waals surface area contributed by atoms with Crippen LogP contribution in [0.15, 0.2) is 47.0 Å². The van der Waals surface area contributed by atoms with E-state index in [1.54, 1.807) is 16.8 Å². The lowest BCUT2D eigenvalue weighted by atomic mass is 10.2. The minimum absolute atomic E-state index is 0.0867. The molecule has 1 aliphatic rings. The number of halogens is 1. The van der Waals surface area contributed by atoms with Gasteiger partial charge in [-0.3, -0.25) is 4.79 Å². The minimum atomic E-state index is -0.330. The van der Waals surface area contributed by atoms with Crippen molar-refractivity contribution < 1.29 is 18.4 Å². The summed E-state index contributed by atoms with van der Waals surface area (Å²) in [6.45, 7) is 2.87. The predicted molar refractivity (Wildman–Crippen MR) is 108 cm³/mol. The topological polar surface area (TPSA) is 99.2 Å². The van der Waals surface area contributed by atoms with Gasteiger partial charge in [0, 0.05) is 30.6 Å². The lowest BCUT2D eigenvalue weighted by Gasteiger charge is -2.26. The van der Waals surface area contributed by atoms with E-state index in [1.807, 2.05) is 23.1 Å². The number of ether oxygens (including phenoxy) is 1. The second-order valence-electron chi connectivity index (χ2n) is 7.19. The highest BCUT2D eigenvalue weighted by Crippen LogP contribution is 2.25.